The van der Waals surface area contributed by atoms with E-state index >= 15 is 0 Å². The monoisotopic (exact) mass is 416 g/mol. The van der Waals surface area contributed by atoms with Gasteiger partial charge in [-0.25, -0.2) is 13.1 Å². The van der Waals surface area contributed by atoms with E-state index in [1.807, 2.05) is 0 Å². The maximum atomic E-state index is 12.3. The zero-order valence-corrected chi connectivity index (χ0v) is 15.8. The van der Waals surface area contributed by atoms with E-state index in [2.05, 4.69) is 9.46 Å². The van der Waals surface area contributed by atoms with E-state index in [0.717, 1.165) is 6.07 Å². The fourth-order valence-electron chi connectivity index (χ4n) is 2.43. The van der Waals surface area contributed by atoms with E-state index in [9.17, 15) is 27.3 Å². The summed E-state index contributed by atoms with van der Waals surface area (Å²) in [6.45, 7) is -1.50. The van der Waals surface area contributed by atoms with Gasteiger partial charge < -0.3 is 9.47 Å². The van der Waals surface area contributed by atoms with E-state index in [4.69, 9.17) is 4.74 Å². The van der Waals surface area contributed by atoms with Gasteiger partial charge in [0, 0.05) is 18.2 Å². The maximum Gasteiger partial charge on any atom is 0.387 e. The zero-order valence-electron chi connectivity index (χ0n) is 15.0. The number of nitrogens with zero attached hydrogens (tertiary/aromatic N) is 1. The van der Waals surface area contributed by atoms with Crippen molar-refractivity contribution in [2.24, 2.45) is 0 Å². The van der Waals surface area contributed by atoms with Gasteiger partial charge in [0.25, 0.3) is 5.69 Å². The third-order valence-corrected chi connectivity index (χ3v) is 5.30. The molecule has 11 heteroatoms. The Bertz CT molecular complexity index is 966. The van der Waals surface area contributed by atoms with Crippen molar-refractivity contribution in [3.8, 4) is 11.5 Å². The van der Waals surface area contributed by atoms with Crippen LogP contribution in [0.25, 0.3) is 0 Å². The maximum absolute atomic E-state index is 12.3. The molecule has 0 aliphatic heterocycles. The Morgan fingerprint density at radius 3 is 2.50 bits per heavy atom. The Morgan fingerprint density at radius 2 is 1.89 bits per heavy atom. The molecular weight excluding hydrogens is 398 g/mol. The second-order valence-electron chi connectivity index (χ2n) is 5.72. The van der Waals surface area contributed by atoms with E-state index in [-0.39, 0.29) is 35.0 Å². The van der Waals surface area contributed by atoms with Gasteiger partial charge >= 0.3 is 6.61 Å². The second-order valence-corrected chi connectivity index (χ2v) is 7.48. The standard InChI is InChI=1S/C17H18F2N2O6S/c1-11-3-5-13(10-14(11)21(22)23)28(24,25)20-8-7-12-4-6-15(27-17(18)19)16(9-12)26-2/h3-6,9-10,17,20H,7-8H2,1-2H3. The number of benzene rings is 2. The lowest BCUT2D eigenvalue weighted by molar-refractivity contribution is -0.385. The molecule has 0 aliphatic rings. The number of ether oxygens (including phenoxy) is 2. The molecule has 0 aromatic heterocycles. The van der Waals surface area contributed by atoms with E-state index in [1.54, 1.807) is 0 Å². The van der Waals surface area contributed by atoms with Crippen LogP contribution in [-0.2, 0) is 16.4 Å². The Kier molecular flexibility index (Phi) is 6.86. The first-order chi connectivity index (χ1) is 13.1. The van der Waals surface area contributed by atoms with Crippen molar-refractivity contribution in [2.75, 3.05) is 13.7 Å². The van der Waals surface area contributed by atoms with Gasteiger partial charge in [-0.15, -0.1) is 0 Å². The highest BCUT2D eigenvalue weighted by molar-refractivity contribution is 7.89. The summed E-state index contributed by atoms with van der Waals surface area (Å²) in [5, 5.41) is 11.0. The lowest BCUT2D eigenvalue weighted by Crippen LogP contribution is -2.26. The van der Waals surface area contributed by atoms with Gasteiger partial charge in [-0.3, -0.25) is 10.1 Å². The average molecular weight is 416 g/mol. The molecule has 0 atom stereocenters. The van der Waals surface area contributed by atoms with Crippen molar-refractivity contribution in [1.29, 1.82) is 0 Å². The molecule has 1 N–H and O–H groups in total. The molecule has 0 radical (unpaired) electrons. The largest absolute Gasteiger partial charge is 0.493 e. The molecule has 0 fully saturated rings. The summed E-state index contributed by atoms with van der Waals surface area (Å²) >= 11 is 0. The van der Waals surface area contributed by atoms with Gasteiger partial charge in [0.05, 0.1) is 16.9 Å². The highest BCUT2D eigenvalue weighted by atomic mass is 32.2. The van der Waals surface area contributed by atoms with E-state index in [0.29, 0.717) is 11.1 Å². The van der Waals surface area contributed by atoms with Crippen molar-refractivity contribution < 1.29 is 31.6 Å². The van der Waals surface area contributed by atoms with Crippen molar-refractivity contribution in [1.82, 2.24) is 4.72 Å². The molecule has 2 aromatic carbocycles. The molecule has 0 amide bonds. The van der Waals surface area contributed by atoms with Crippen LogP contribution in [0.3, 0.4) is 0 Å². The van der Waals surface area contributed by atoms with E-state index in [1.165, 1.54) is 44.4 Å². The molecule has 0 saturated heterocycles. The number of methoxy groups -OCH3 is 1. The molecule has 0 unspecified atom stereocenters. The number of hydrogen-bond acceptors (Lipinski definition) is 6. The number of alkyl halides is 2. The van der Waals surface area contributed by atoms with Gasteiger partial charge in [-0.05, 0) is 37.1 Å². The molecule has 0 saturated carbocycles. The third-order valence-electron chi connectivity index (χ3n) is 3.84. The summed E-state index contributed by atoms with van der Waals surface area (Å²) in [6, 6.07) is 7.91. The van der Waals surface area contributed by atoms with Crippen LogP contribution in [0.4, 0.5) is 14.5 Å². The highest BCUT2D eigenvalue weighted by Crippen LogP contribution is 2.29. The lowest BCUT2D eigenvalue weighted by Gasteiger charge is -2.12. The predicted octanol–water partition coefficient (Wildman–Crippen LogP) is 3.03. The highest BCUT2D eigenvalue weighted by Gasteiger charge is 2.19. The number of halogens is 2. The molecule has 2 rings (SSSR count). The number of rotatable bonds is 9. The quantitative estimate of drug-likeness (QED) is 0.497. The number of sulfonamides is 1. The topological polar surface area (TPSA) is 108 Å². The van der Waals surface area contributed by atoms with Crippen LogP contribution in [0.15, 0.2) is 41.3 Å². The molecule has 0 aliphatic carbocycles. The Balaban J connectivity index is 2.08. The Morgan fingerprint density at radius 1 is 1.18 bits per heavy atom. The number of nitro groups is 1. The first-order valence-electron chi connectivity index (χ1n) is 8.00. The third kappa shape index (κ3) is 5.36. The Labute approximate surface area is 160 Å². The second kappa shape index (κ2) is 8.93. The van der Waals surface area contributed by atoms with Crippen molar-refractivity contribution >= 4 is 15.7 Å². The lowest BCUT2D eigenvalue weighted by atomic mass is 10.1. The van der Waals surface area contributed by atoms with Crippen LogP contribution in [-0.4, -0.2) is 33.6 Å². The van der Waals surface area contributed by atoms with Crippen LogP contribution in [0, 0.1) is 17.0 Å². The van der Waals surface area contributed by atoms with Crippen LogP contribution in [0.1, 0.15) is 11.1 Å². The summed E-state index contributed by atoms with van der Waals surface area (Å²) in [6.07, 6.45) is 0.235. The van der Waals surface area contributed by atoms with Crippen molar-refractivity contribution in [3.63, 3.8) is 0 Å². The fraction of sp³-hybridized carbons (Fsp3) is 0.294. The molecule has 8 nitrogen and oxygen atoms in total. The first kappa shape index (κ1) is 21.5. The normalized spacial score (nSPS) is 11.5. The SMILES string of the molecule is COc1cc(CCNS(=O)(=O)c2ccc(C)c([N+](=O)[O-])c2)ccc1OC(F)F. The minimum atomic E-state index is -3.95. The van der Waals surface area contributed by atoms with Gasteiger partial charge in [0.2, 0.25) is 10.0 Å². The smallest absolute Gasteiger partial charge is 0.387 e. The molecule has 0 spiro atoms. The van der Waals surface area contributed by atoms with Gasteiger partial charge in [0.1, 0.15) is 0 Å². The van der Waals surface area contributed by atoms with Gasteiger partial charge in [-0.2, -0.15) is 8.78 Å². The average Bonchev–Trinajstić information content (AvgIpc) is 2.62. The number of nitrogens with one attached hydrogen (secondary N) is 1. The Hall–Kier alpha value is -2.79. The summed E-state index contributed by atoms with van der Waals surface area (Å²) in [5.41, 5.74) is 0.681. The fourth-order valence-corrected chi connectivity index (χ4v) is 3.48. The molecular formula is C17H18F2N2O6S. The van der Waals surface area contributed by atoms with Crippen LogP contribution < -0.4 is 14.2 Å². The van der Waals surface area contributed by atoms with Crippen molar-refractivity contribution in [3.05, 3.63) is 57.6 Å². The first-order valence-corrected chi connectivity index (χ1v) is 9.49. The molecule has 0 bridgehead atoms. The zero-order chi connectivity index (χ0) is 20.9. The molecule has 0 heterocycles. The van der Waals surface area contributed by atoms with Crippen LogP contribution in [0.5, 0.6) is 11.5 Å². The summed E-state index contributed by atoms with van der Waals surface area (Å²) < 4.78 is 61.0. The minimum absolute atomic E-state index is 0.0117. The summed E-state index contributed by atoms with van der Waals surface area (Å²) in [5.74, 6) is -0.0383. The molecule has 152 valence electrons. The number of aryl methyl sites for hydroxylation is 1. The van der Waals surface area contributed by atoms with Crippen LogP contribution in [0.2, 0.25) is 0 Å². The van der Waals surface area contributed by atoms with Gasteiger partial charge in [-0.1, -0.05) is 12.1 Å². The number of hydrogen-bond donors (Lipinski definition) is 1. The van der Waals surface area contributed by atoms with Gasteiger partial charge in [0.15, 0.2) is 11.5 Å². The minimum Gasteiger partial charge on any atom is -0.493 e. The summed E-state index contributed by atoms with van der Waals surface area (Å²) in [7, 11) is -2.66. The van der Waals surface area contributed by atoms with Crippen LogP contribution >= 0.6 is 0 Å². The predicted molar refractivity (Wildman–Crippen MR) is 96.4 cm³/mol. The molecule has 2 aromatic rings. The van der Waals surface area contributed by atoms with E-state index < -0.39 is 21.6 Å². The number of nitro benzene ring substituents is 1. The van der Waals surface area contributed by atoms with Crippen molar-refractivity contribution in [2.45, 2.75) is 24.9 Å². The molecule has 28 heavy (non-hydrogen) atoms. The summed E-state index contributed by atoms with van der Waals surface area (Å²) in [4.78, 5) is 10.1.